The Morgan fingerprint density at radius 3 is 2.63 bits per heavy atom. The van der Waals surface area contributed by atoms with Crippen LogP contribution in [-0.2, 0) is 19.0 Å². The predicted molar refractivity (Wildman–Crippen MR) is 144 cm³/mol. The summed E-state index contributed by atoms with van der Waals surface area (Å²) in [6.45, 7) is 8.65. The first-order valence-corrected chi connectivity index (χ1v) is 13.6. The van der Waals surface area contributed by atoms with E-state index in [9.17, 15) is 25.2 Å². The minimum absolute atomic E-state index is 0.0445. The van der Waals surface area contributed by atoms with Gasteiger partial charge in [0.05, 0.1) is 37.1 Å². The summed E-state index contributed by atoms with van der Waals surface area (Å²) in [4.78, 5) is 12.6. The van der Waals surface area contributed by atoms with Crippen LogP contribution in [0, 0.1) is 5.92 Å². The monoisotopic (exact) mass is 532 g/mol. The van der Waals surface area contributed by atoms with Gasteiger partial charge in [0.1, 0.15) is 18.3 Å². The molecule has 0 aromatic heterocycles. The molecule has 212 valence electrons. The van der Waals surface area contributed by atoms with E-state index >= 15 is 0 Å². The third kappa shape index (κ3) is 9.91. The van der Waals surface area contributed by atoms with E-state index in [1.165, 1.54) is 17.7 Å². The second kappa shape index (κ2) is 14.9. The van der Waals surface area contributed by atoms with Gasteiger partial charge >= 0.3 is 5.97 Å². The Bertz CT molecular complexity index is 906. The number of fused-ring (bicyclic) bond motifs is 2. The van der Waals surface area contributed by atoms with Crippen molar-refractivity contribution in [3.05, 3.63) is 60.3 Å². The third-order valence-corrected chi connectivity index (χ3v) is 7.24. The molecule has 9 unspecified atom stereocenters. The van der Waals surface area contributed by atoms with E-state index in [0.717, 1.165) is 18.4 Å². The summed E-state index contributed by atoms with van der Waals surface area (Å²) in [7, 11) is 0. The van der Waals surface area contributed by atoms with Gasteiger partial charge in [0.25, 0.3) is 0 Å². The van der Waals surface area contributed by atoms with Gasteiger partial charge in [0, 0.05) is 12.5 Å². The summed E-state index contributed by atoms with van der Waals surface area (Å²) >= 11 is 0. The number of hydrogen-bond acceptors (Lipinski definition) is 8. The molecule has 0 aromatic carbocycles. The van der Waals surface area contributed by atoms with Crippen molar-refractivity contribution in [1.29, 1.82) is 0 Å². The molecule has 3 rings (SSSR count). The molecule has 0 amide bonds. The first-order valence-electron chi connectivity index (χ1n) is 13.6. The van der Waals surface area contributed by atoms with Crippen molar-refractivity contribution in [3.8, 4) is 0 Å². The van der Waals surface area contributed by atoms with Crippen LogP contribution in [-0.4, -0.2) is 81.8 Å². The van der Waals surface area contributed by atoms with Gasteiger partial charge in [-0.1, -0.05) is 61.1 Å². The number of esters is 1. The number of aliphatic hydroxyl groups excluding tert-OH is 4. The van der Waals surface area contributed by atoms with Gasteiger partial charge in [-0.25, -0.2) is 4.79 Å². The molecule has 2 bridgehead atoms. The highest BCUT2D eigenvalue weighted by molar-refractivity contribution is 5.82. The van der Waals surface area contributed by atoms with Gasteiger partial charge < -0.3 is 34.6 Å². The lowest BCUT2D eigenvalue weighted by molar-refractivity contribution is -0.152. The highest BCUT2D eigenvalue weighted by Gasteiger charge is 2.32. The standard InChI is InChI=1S/C30H44O8/c1-19-12-13-36-23(15-19)10-11-25(31)28-18-27(33)30(35)26(32)17-21(3)14-20(2)16-24-8-4-6-22(37-24)7-5-9-29(34)38-28/h4-6,9-12,20,22-28,30-33,35H,3,7-8,13-18H2,1-2H3/b9-5-,11-10+. The number of aliphatic hydroxyl groups is 4. The van der Waals surface area contributed by atoms with Crippen LogP contribution in [0.5, 0.6) is 0 Å². The molecule has 0 aromatic rings. The Balaban J connectivity index is 1.75. The van der Waals surface area contributed by atoms with Crippen LogP contribution in [0.25, 0.3) is 0 Å². The molecule has 0 saturated heterocycles. The maximum Gasteiger partial charge on any atom is 0.330 e. The lowest BCUT2D eigenvalue weighted by Gasteiger charge is -2.30. The van der Waals surface area contributed by atoms with Gasteiger partial charge in [-0.15, -0.1) is 0 Å². The molecule has 0 radical (unpaired) electrons. The molecule has 4 N–H and O–H groups in total. The Morgan fingerprint density at radius 2 is 1.87 bits per heavy atom. The van der Waals surface area contributed by atoms with Gasteiger partial charge in [0.2, 0.25) is 0 Å². The second-order valence-electron chi connectivity index (χ2n) is 10.9. The lowest BCUT2D eigenvalue weighted by Crippen LogP contribution is -2.42. The summed E-state index contributed by atoms with van der Waals surface area (Å²) in [6, 6.07) is 0. The highest BCUT2D eigenvalue weighted by Crippen LogP contribution is 2.27. The molecule has 0 fully saturated rings. The first-order chi connectivity index (χ1) is 18.1. The zero-order chi connectivity index (χ0) is 27.7. The van der Waals surface area contributed by atoms with Crippen LogP contribution in [0.3, 0.4) is 0 Å². The number of rotatable bonds is 3. The number of carbonyl (C=O) groups excluding carboxylic acids is 1. The highest BCUT2D eigenvalue weighted by atomic mass is 16.6. The van der Waals surface area contributed by atoms with Gasteiger partial charge in [-0.3, -0.25) is 0 Å². The number of hydrogen-bond donors (Lipinski definition) is 4. The normalized spacial score (nSPS) is 38.1. The Labute approximate surface area is 226 Å². The van der Waals surface area contributed by atoms with Crippen LogP contribution in [0.1, 0.15) is 58.8 Å². The van der Waals surface area contributed by atoms with E-state index in [4.69, 9.17) is 14.2 Å². The summed E-state index contributed by atoms with van der Waals surface area (Å²) in [6.07, 6.45) is 8.63. The average Bonchev–Trinajstić information content (AvgIpc) is 2.85. The minimum atomic E-state index is -1.50. The fourth-order valence-corrected chi connectivity index (χ4v) is 5.18. The van der Waals surface area contributed by atoms with E-state index in [1.807, 2.05) is 19.1 Å². The first kappa shape index (κ1) is 30.5. The van der Waals surface area contributed by atoms with Gasteiger partial charge in [-0.2, -0.15) is 0 Å². The zero-order valence-corrected chi connectivity index (χ0v) is 22.5. The maximum atomic E-state index is 12.6. The second-order valence-corrected chi connectivity index (χ2v) is 10.9. The minimum Gasteiger partial charge on any atom is -0.456 e. The van der Waals surface area contributed by atoms with Crippen molar-refractivity contribution in [1.82, 2.24) is 0 Å². The topological polar surface area (TPSA) is 126 Å². The van der Waals surface area contributed by atoms with Gasteiger partial charge in [0.15, 0.2) is 0 Å². The molecule has 8 nitrogen and oxygen atoms in total. The number of cyclic esters (lactones) is 1. The van der Waals surface area contributed by atoms with E-state index in [0.29, 0.717) is 25.9 Å². The molecule has 3 heterocycles. The van der Waals surface area contributed by atoms with E-state index < -0.39 is 36.5 Å². The molecule has 0 aliphatic carbocycles. The molecule has 8 heteroatoms. The largest absolute Gasteiger partial charge is 0.456 e. The van der Waals surface area contributed by atoms with Crippen molar-refractivity contribution in [3.63, 3.8) is 0 Å². The number of ether oxygens (including phenoxy) is 3. The van der Waals surface area contributed by atoms with Crippen molar-refractivity contribution in [2.45, 2.75) is 108 Å². The Hall–Kier alpha value is -2.07. The molecule has 3 aliphatic rings. The van der Waals surface area contributed by atoms with Gasteiger partial charge in [-0.05, 0) is 51.4 Å². The summed E-state index contributed by atoms with van der Waals surface area (Å²) in [5.41, 5.74) is 1.95. The van der Waals surface area contributed by atoms with E-state index in [1.54, 1.807) is 12.2 Å². The molecule has 0 saturated carbocycles. The van der Waals surface area contributed by atoms with Crippen molar-refractivity contribution >= 4 is 5.97 Å². The zero-order valence-electron chi connectivity index (χ0n) is 22.5. The molecular weight excluding hydrogens is 488 g/mol. The van der Waals surface area contributed by atoms with Crippen LogP contribution >= 0.6 is 0 Å². The molecule has 0 spiro atoms. The fraction of sp³-hybridized carbons (Fsp3) is 0.633. The average molecular weight is 533 g/mol. The van der Waals surface area contributed by atoms with Crippen LogP contribution in [0.15, 0.2) is 60.3 Å². The predicted octanol–water partition coefficient (Wildman–Crippen LogP) is 3.06. The molecule has 38 heavy (non-hydrogen) atoms. The van der Waals surface area contributed by atoms with Crippen LogP contribution in [0.2, 0.25) is 0 Å². The Morgan fingerprint density at radius 1 is 1.08 bits per heavy atom. The Kier molecular flexibility index (Phi) is 12.0. The van der Waals surface area contributed by atoms with E-state index in [2.05, 4.69) is 19.6 Å². The fourth-order valence-electron chi connectivity index (χ4n) is 5.18. The molecule has 3 aliphatic heterocycles. The lowest BCUT2D eigenvalue weighted by atomic mass is 9.89. The molecule has 9 atom stereocenters. The maximum absolute atomic E-state index is 12.6. The van der Waals surface area contributed by atoms with Crippen LogP contribution in [0.4, 0.5) is 0 Å². The number of carbonyl (C=O) groups is 1. The smallest absolute Gasteiger partial charge is 0.330 e. The summed E-state index contributed by atoms with van der Waals surface area (Å²) < 4.78 is 17.3. The SMILES string of the molecule is C=C1CC(C)CC2CC=CC(C/C=C\C(=O)OC(C(O)/C=C/C3CC(C)=CCO3)CC(O)C(O)C(O)C1)O2. The molecular formula is C30H44O8. The quantitative estimate of drug-likeness (QED) is 0.323. The third-order valence-electron chi connectivity index (χ3n) is 7.24. The van der Waals surface area contributed by atoms with Crippen molar-refractivity contribution < 1.29 is 39.4 Å². The summed E-state index contributed by atoms with van der Waals surface area (Å²) in [5, 5.41) is 42.8. The van der Waals surface area contributed by atoms with Crippen LogP contribution < -0.4 is 0 Å². The summed E-state index contributed by atoms with van der Waals surface area (Å²) in [5.74, 6) is -0.422. The van der Waals surface area contributed by atoms with E-state index in [-0.39, 0.29) is 37.1 Å². The van der Waals surface area contributed by atoms with Crippen molar-refractivity contribution in [2.24, 2.45) is 5.92 Å². The van der Waals surface area contributed by atoms with Crippen molar-refractivity contribution in [2.75, 3.05) is 6.61 Å².